The molecule has 0 saturated heterocycles. The fraction of sp³-hybridized carbons (Fsp3) is 0.300. The van der Waals surface area contributed by atoms with Crippen LogP contribution in [0.4, 0.5) is 10.1 Å². The second-order valence-corrected chi connectivity index (χ2v) is 2.98. The molecule has 0 heterocycles. The van der Waals surface area contributed by atoms with Crippen molar-refractivity contribution in [3.05, 3.63) is 24.0 Å². The normalized spacial score (nSPS) is 9.71. The zero-order valence-corrected chi connectivity index (χ0v) is 7.95. The van der Waals surface area contributed by atoms with Crippen LogP contribution in [0.1, 0.15) is 13.8 Å². The summed E-state index contributed by atoms with van der Waals surface area (Å²) in [5.41, 5.74) is 0.230. The van der Waals surface area contributed by atoms with Crippen molar-refractivity contribution in [2.75, 3.05) is 0 Å². The molecule has 14 heavy (non-hydrogen) atoms. The molecule has 0 aliphatic carbocycles. The zero-order valence-electron chi connectivity index (χ0n) is 7.95. The van der Waals surface area contributed by atoms with Crippen molar-refractivity contribution >= 4 is 11.8 Å². The van der Waals surface area contributed by atoms with Gasteiger partial charge in [0.15, 0.2) is 11.6 Å². The first-order valence-corrected chi connectivity index (χ1v) is 4.17. The highest BCUT2D eigenvalue weighted by Crippen LogP contribution is 2.23. The van der Waals surface area contributed by atoms with Crippen molar-refractivity contribution < 1.29 is 13.9 Å². The summed E-state index contributed by atoms with van der Waals surface area (Å²) < 4.78 is 18.4. The van der Waals surface area contributed by atoms with Gasteiger partial charge in [0.25, 0.3) is 0 Å². The van der Waals surface area contributed by atoms with E-state index in [9.17, 15) is 9.18 Å². The molecule has 0 atom stereocenters. The van der Waals surface area contributed by atoms with Gasteiger partial charge in [-0.2, -0.15) is 4.99 Å². The Hall–Kier alpha value is -1.67. The molecule has 0 aliphatic rings. The smallest absolute Gasteiger partial charge is 0.240 e. The highest BCUT2D eigenvalue weighted by molar-refractivity contribution is 5.50. The molecule has 74 valence electrons. The first-order chi connectivity index (χ1) is 6.63. The van der Waals surface area contributed by atoms with Crippen molar-refractivity contribution in [2.24, 2.45) is 4.99 Å². The van der Waals surface area contributed by atoms with Crippen LogP contribution in [0.15, 0.2) is 23.2 Å². The van der Waals surface area contributed by atoms with Crippen LogP contribution in [-0.4, -0.2) is 12.2 Å². The molecule has 0 bridgehead atoms. The number of nitrogens with zero attached hydrogens (tertiary/aromatic N) is 1. The molecule has 0 radical (unpaired) electrons. The second-order valence-electron chi connectivity index (χ2n) is 2.98. The van der Waals surface area contributed by atoms with E-state index in [1.54, 1.807) is 13.8 Å². The molecule has 0 amide bonds. The van der Waals surface area contributed by atoms with Crippen molar-refractivity contribution in [1.29, 1.82) is 0 Å². The first-order valence-electron chi connectivity index (χ1n) is 4.17. The SMILES string of the molecule is CC(C)Oc1ccc(N=C=O)cc1F. The Kier molecular flexibility index (Phi) is 3.37. The molecule has 0 aromatic heterocycles. The van der Waals surface area contributed by atoms with Crippen LogP contribution in [-0.2, 0) is 4.79 Å². The third kappa shape index (κ3) is 2.68. The summed E-state index contributed by atoms with van der Waals surface area (Å²) >= 11 is 0. The van der Waals surface area contributed by atoms with Gasteiger partial charge in [-0.25, -0.2) is 9.18 Å². The van der Waals surface area contributed by atoms with E-state index in [-0.39, 0.29) is 17.5 Å². The van der Waals surface area contributed by atoms with Gasteiger partial charge >= 0.3 is 0 Å². The maximum Gasteiger partial charge on any atom is 0.240 e. The van der Waals surface area contributed by atoms with E-state index in [1.165, 1.54) is 18.2 Å². The third-order valence-electron chi connectivity index (χ3n) is 1.45. The topological polar surface area (TPSA) is 38.7 Å². The molecule has 1 aromatic rings. The maximum absolute atomic E-state index is 13.2. The molecule has 0 spiro atoms. The van der Waals surface area contributed by atoms with Gasteiger partial charge in [0.05, 0.1) is 11.8 Å². The predicted octanol–water partition coefficient (Wildman–Crippen LogP) is 2.58. The van der Waals surface area contributed by atoms with Crippen LogP contribution in [0.3, 0.4) is 0 Å². The Balaban J connectivity index is 2.95. The molecule has 0 saturated carbocycles. The highest BCUT2D eigenvalue weighted by atomic mass is 19.1. The Labute approximate surface area is 81.2 Å². The molecule has 0 N–H and O–H groups in total. The first kappa shape index (κ1) is 10.4. The number of isocyanates is 1. The van der Waals surface area contributed by atoms with E-state index in [0.717, 1.165) is 6.07 Å². The lowest BCUT2D eigenvalue weighted by molar-refractivity contribution is 0.231. The number of benzene rings is 1. The minimum absolute atomic E-state index is 0.0927. The Morgan fingerprint density at radius 2 is 2.21 bits per heavy atom. The Bertz CT molecular complexity index is 370. The number of hydrogen-bond donors (Lipinski definition) is 0. The molecular weight excluding hydrogens is 185 g/mol. The number of hydrogen-bond acceptors (Lipinski definition) is 3. The standard InChI is InChI=1S/C10H10FNO2/c1-7(2)14-10-4-3-8(12-6-13)5-9(10)11/h3-5,7H,1-2H3. The average Bonchev–Trinajstić information content (AvgIpc) is 2.10. The van der Waals surface area contributed by atoms with Gasteiger partial charge in [0, 0.05) is 6.07 Å². The fourth-order valence-electron chi connectivity index (χ4n) is 0.962. The number of rotatable bonds is 3. The van der Waals surface area contributed by atoms with Crippen LogP contribution < -0.4 is 4.74 Å². The lowest BCUT2D eigenvalue weighted by Gasteiger charge is -2.10. The molecule has 0 unspecified atom stereocenters. The van der Waals surface area contributed by atoms with Crippen LogP contribution in [0.2, 0.25) is 0 Å². The van der Waals surface area contributed by atoms with Crippen LogP contribution in [0.25, 0.3) is 0 Å². The van der Waals surface area contributed by atoms with E-state index >= 15 is 0 Å². The molecule has 1 aromatic carbocycles. The Morgan fingerprint density at radius 3 is 2.71 bits per heavy atom. The van der Waals surface area contributed by atoms with Crippen molar-refractivity contribution in [3.63, 3.8) is 0 Å². The zero-order chi connectivity index (χ0) is 10.6. The second kappa shape index (κ2) is 4.53. The third-order valence-corrected chi connectivity index (χ3v) is 1.45. The van der Waals surface area contributed by atoms with Crippen LogP contribution >= 0.6 is 0 Å². The lowest BCUT2D eigenvalue weighted by Crippen LogP contribution is -2.06. The largest absolute Gasteiger partial charge is 0.488 e. The van der Waals surface area contributed by atoms with Gasteiger partial charge in [-0.05, 0) is 26.0 Å². The summed E-state index contributed by atoms with van der Waals surface area (Å²) in [4.78, 5) is 13.2. The molecule has 3 nitrogen and oxygen atoms in total. The number of aliphatic imine (C=N–C) groups is 1. The summed E-state index contributed by atoms with van der Waals surface area (Å²) in [5.74, 6) is -0.375. The van der Waals surface area contributed by atoms with E-state index < -0.39 is 5.82 Å². The summed E-state index contributed by atoms with van der Waals surface area (Å²) in [6.45, 7) is 3.61. The summed E-state index contributed by atoms with van der Waals surface area (Å²) in [7, 11) is 0. The van der Waals surface area contributed by atoms with Gasteiger partial charge in [-0.3, -0.25) is 0 Å². The summed E-state index contributed by atoms with van der Waals surface area (Å²) in [6, 6.07) is 4.06. The number of halogens is 1. The quantitative estimate of drug-likeness (QED) is 0.549. The van der Waals surface area contributed by atoms with Crippen molar-refractivity contribution in [3.8, 4) is 5.75 Å². The lowest BCUT2D eigenvalue weighted by atomic mass is 10.3. The van der Waals surface area contributed by atoms with Gasteiger partial charge in [0.2, 0.25) is 6.08 Å². The van der Waals surface area contributed by atoms with E-state index in [1.807, 2.05) is 0 Å². The van der Waals surface area contributed by atoms with Gasteiger partial charge < -0.3 is 4.74 Å². The van der Waals surface area contributed by atoms with Crippen LogP contribution in [0.5, 0.6) is 5.75 Å². The van der Waals surface area contributed by atoms with E-state index in [2.05, 4.69) is 4.99 Å². The van der Waals surface area contributed by atoms with Gasteiger partial charge in [-0.1, -0.05) is 0 Å². The molecule has 0 aliphatic heterocycles. The molecular formula is C10H10FNO2. The van der Waals surface area contributed by atoms with Crippen molar-refractivity contribution in [2.45, 2.75) is 20.0 Å². The molecule has 4 heteroatoms. The predicted molar refractivity (Wildman–Crippen MR) is 49.9 cm³/mol. The van der Waals surface area contributed by atoms with Crippen LogP contribution in [0, 0.1) is 5.82 Å². The fourth-order valence-corrected chi connectivity index (χ4v) is 0.962. The maximum atomic E-state index is 13.2. The number of ether oxygens (including phenoxy) is 1. The molecule has 0 fully saturated rings. The summed E-state index contributed by atoms with van der Waals surface area (Å²) in [6.07, 6.45) is 1.25. The van der Waals surface area contributed by atoms with E-state index in [4.69, 9.17) is 4.74 Å². The number of carbonyl (C=O) groups excluding carboxylic acids is 1. The average molecular weight is 195 g/mol. The summed E-state index contributed by atoms with van der Waals surface area (Å²) in [5, 5.41) is 0. The minimum atomic E-state index is -0.532. The van der Waals surface area contributed by atoms with Gasteiger partial charge in [0.1, 0.15) is 0 Å². The monoisotopic (exact) mass is 195 g/mol. The minimum Gasteiger partial charge on any atom is -0.488 e. The highest BCUT2D eigenvalue weighted by Gasteiger charge is 2.05. The van der Waals surface area contributed by atoms with Crippen molar-refractivity contribution in [1.82, 2.24) is 0 Å². The Morgan fingerprint density at radius 1 is 1.50 bits per heavy atom. The molecule has 1 rings (SSSR count). The van der Waals surface area contributed by atoms with Gasteiger partial charge in [-0.15, -0.1) is 0 Å². The van der Waals surface area contributed by atoms with E-state index in [0.29, 0.717) is 0 Å².